The Kier molecular flexibility index (Phi) is 2.94. The van der Waals surface area contributed by atoms with Crippen LogP contribution < -0.4 is 4.90 Å². The van der Waals surface area contributed by atoms with E-state index in [1.54, 1.807) is 0 Å². The van der Waals surface area contributed by atoms with Crippen LogP contribution in [0.1, 0.15) is 17.8 Å². The number of carboxylic acid groups (broad SMARTS) is 1. The molecule has 1 N–H and O–H groups in total. The van der Waals surface area contributed by atoms with Gasteiger partial charge < -0.3 is 10.0 Å². The number of nitrogens with zero attached hydrogens (tertiary/aromatic N) is 3. The molecule has 0 spiro atoms. The number of rotatable bonds is 2. The van der Waals surface area contributed by atoms with Gasteiger partial charge in [0.2, 0.25) is 10.1 Å². The molecule has 0 aliphatic carbocycles. The van der Waals surface area contributed by atoms with E-state index in [2.05, 4.69) is 10.2 Å². The third-order valence-corrected chi connectivity index (χ3v) is 3.45. The van der Waals surface area contributed by atoms with E-state index in [4.69, 9.17) is 5.11 Å². The van der Waals surface area contributed by atoms with Crippen molar-refractivity contribution in [2.24, 2.45) is 0 Å². The number of alkyl halides is 3. The number of aromatic nitrogens is 2. The number of hydrogen-bond donors (Lipinski definition) is 1. The lowest BCUT2D eigenvalue weighted by molar-refractivity contribution is -0.139. The largest absolute Gasteiger partial charge is 0.480 e. The lowest BCUT2D eigenvalue weighted by atomic mass is 10.2. The molecule has 1 fully saturated rings. The maximum absolute atomic E-state index is 12.3. The average Bonchev–Trinajstić information content (AvgIpc) is 2.85. The summed E-state index contributed by atoms with van der Waals surface area (Å²) in [4.78, 5) is 12.2. The number of carbonyl (C=O) groups is 1. The number of aliphatic carboxylic acids is 1. The van der Waals surface area contributed by atoms with Crippen molar-refractivity contribution in [3.05, 3.63) is 5.01 Å². The van der Waals surface area contributed by atoms with Crippen LogP contribution in [0.2, 0.25) is 0 Å². The second-order valence-electron chi connectivity index (χ2n) is 3.58. The molecule has 2 heterocycles. The van der Waals surface area contributed by atoms with Gasteiger partial charge in [0.1, 0.15) is 6.04 Å². The van der Waals surface area contributed by atoms with Crippen molar-refractivity contribution in [2.45, 2.75) is 25.1 Å². The molecule has 0 radical (unpaired) electrons. The molecule has 94 valence electrons. The predicted molar refractivity (Wildman–Crippen MR) is 52.9 cm³/mol. The van der Waals surface area contributed by atoms with Gasteiger partial charge in [0.15, 0.2) is 0 Å². The van der Waals surface area contributed by atoms with Crippen LogP contribution in [0.15, 0.2) is 0 Å². The fourth-order valence-electron chi connectivity index (χ4n) is 1.70. The van der Waals surface area contributed by atoms with Gasteiger partial charge in [0.25, 0.3) is 0 Å². The summed E-state index contributed by atoms with van der Waals surface area (Å²) in [6, 6.07) is -0.802. The molecule has 1 aromatic rings. The first-order chi connectivity index (χ1) is 7.89. The minimum atomic E-state index is -4.53. The number of anilines is 1. The van der Waals surface area contributed by atoms with Gasteiger partial charge in [-0.05, 0) is 12.8 Å². The molecule has 1 aromatic heterocycles. The lowest BCUT2D eigenvalue weighted by Crippen LogP contribution is -2.35. The van der Waals surface area contributed by atoms with E-state index in [9.17, 15) is 18.0 Å². The molecule has 0 saturated carbocycles. The van der Waals surface area contributed by atoms with Crippen LogP contribution in [-0.4, -0.2) is 33.9 Å². The Hall–Kier alpha value is -1.38. The molecule has 9 heteroatoms. The summed E-state index contributed by atoms with van der Waals surface area (Å²) in [6.07, 6.45) is -3.50. The van der Waals surface area contributed by atoms with Crippen LogP contribution in [0, 0.1) is 0 Å². The van der Waals surface area contributed by atoms with E-state index >= 15 is 0 Å². The highest BCUT2D eigenvalue weighted by molar-refractivity contribution is 7.15. The zero-order valence-corrected chi connectivity index (χ0v) is 9.25. The summed E-state index contributed by atoms with van der Waals surface area (Å²) in [5.41, 5.74) is 0. The molecule has 2 rings (SSSR count). The Bertz CT molecular complexity index is 434. The van der Waals surface area contributed by atoms with Crippen molar-refractivity contribution < 1.29 is 23.1 Å². The molecule has 0 unspecified atom stereocenters. The number of halogens is 3. The fraction of sp³-hybridized carbons (Fsp3) is 0.625. The number of hydrogen-bond acceptors (Lipinski definition) is 5. The van der Waals surface area contributed by atoms with E-state index in [1.807, 2.05) is 0 Å². The van der Waals surface area contributed by atoms with Crippen molar-refractivity contribution in [3.63, 3.8) is 0 Å². The highest BCUT2D eigenvalue weighted by Gasteiger charge is 2.38. The van der Waals surface area contributed by atoms with E-state index in [-0.39, 0.29) is 5.13 Å². The van der Waals surface area contributed by atoms with Crippen molar-refractivity contribution in [2.75, 3.05) is 11.4 Å². The molecule has 17 heavy (non-hydrogen) atoms. The SMILES string of the molecule is O=C(O)[C@@H]1CCCN1c1nnc(C(F)(F)F)s1. The highest BCUT2D eigenvalue weighted by Crippen LogP contribution is 2.36. The Morgan fingerprint density at radius 1 is 1.47 bits per heavy atom. The summed E-state index contributed by atoms with van der Waals surface area (Å²) in [7, 11) is 0. The minimum absolute atomic E-state index is 0.0159. The molecular formula is C8H8F3N3O2S. The van der Waals surface area contributed by atoms with Crippen LogP contribution in [0.25, 0.3) is 0 Å². The van der Waals surface area contributed by atoms with E-state index < -0.39 is 23.2 Å². The van der Waals surface area contributed by atoms with Gasteiger partial charge in [0.05, 0.1) is 0 Å². The molecule has 5 nitrogen and oxygen atoms in total. The smallest absolute Gasteiger partial charge is 0.445 e. The van der Waals surface area contributed by atoms with E-state index in [1.165, 1.54) is 4.90 Å². The summed E-state index contributed by atoms with van der Waals surface area (Å²) in [6.45, 7) is 0.392. The minimum Gasteiger partial charge on any atom is -0.480 e. The average molecular weight is 267 g/mol. The van der Waals surface area contributed by atoms with Gasteiger partial charge in [-0.2, -0.15) is 13.2 Å². The van der Waals surface area contributed by atoms with Crippen LogP contribution in [0.5, 0.6) is 0 Å². The molecule has 0 bridgehead atoms. The normalized spacial score (nSPS) is 20.9. The molecule has 1 atom stereocenters. The van der Waals surface area contributed by atoms with Gasteiger partial charge in [-0.3, -0.25) is 0 Å². The fourth-order valence-corrected chi connectivity index (χ4v) is 2.49. The van der Waals surface area contributed by atoms with Crippen LogP contribution in [0.3, 0.4) is 0 Å². The van der Waals surface area contributed by atoms with Gasteiger partial charge >= 0.3 is 12.1 Å². The first-order valence-corrected chi connectivity index (χ1v) is 5.61. The quantitative estimate of drug-likeness (QED) is 0.881. The van der Waals surface area contributed by atoms with Gasteiger partial charge in [-0.1, -0.05) is 11.3 Å². The molecule has 1 aliphatic heterocycles. The van der Waals surface area contributed by atoms with Crippen LogP contribution >= 0.6 is 11.3 Å². The summed E-state index contributed by atoms with van der Waals surface area (Å²) in [5.74, 6) is -1.05. The lowest BCUT2D eigenvalue weighted by Gasteiger charge is -2.19. The topological polar surface area (TPSA) is 66.3 Å². The maximum Gasteiger partial charge on any atom is 0.445 e. The zero-order valence-electron chi connectivity index (χ0n) is 8.44. The first-order valence-electron chi connectivity index (χ1n) is 4.80. The molecule has 1 aliphatic rings. The molecule has 0 amide bonds. The van der Waals surface area contributed by atoms with Crippen LogP contribution in [-0.2, 0) is 11.0 Å². The zero-order chi connectivity index (χ0) is 12.6. The van der Waals surface area contributed by atoms with Crippen molar-refractivity contribution >= 4 is 22.4 Å². The summed E-state index contributed by atoms with van der Waals surface area (Å²) >= 11 is 0.374. The third-order valence-electron chi connectivity index (χ3n) is 2.44. The Labute approximate surface area is 97.9 Å². The van der Waals surface area contributed by atoms with Gasteiger partial charge in [-0.15, -0.1) is 10.2 Å². The molecule has 0 aromatic carbocycles. The van der Waals surface area contributed by atoms with Crippen LogP contribution in [0.4, 0.5) is 18.3 Å². The highest BCUT2D eigenvalue weighted by atomic mass is 32.1. The summed E-state index contributed by atoms with van der Waals surface area (Å²) in [5, 5.41) is 14.3. The Morgan fingerprint density at radius 3 is 2.71 bits per heavy atom. The van der Waals surface area contributed by atoms with Gasteiger partial charge in [-0.25, -0.2) is 4.79 Å². The Balaban J connectivity index is 2.23. The van der Waals surface area contributed by atoms with Crippen molar-refractivity contribution in [1.29, 1.82) is 0 Å². The third kappa shape index (κ3) is 2.33. The monoisotopic (exact) mass is 267 g/mol. The van der Waals surface area contributed by atoms with E-state index in [0.717, 1.165) is 0 Å². The van der Waals surface area contributed by atoms with Crippen molar-refractivity contribution in [1.82, 2.24) is 10.2 Å². The maximum atomic E-state index is 12.3. The summed E-state index contributed by atoms with van der Waals surface area (Å²) < 4.78 is 37.0. The first kappa shape index (κ1) is 12.1. The second kappa shape index (κ2) is 4.13. The van der Waals surface area contributed by atoms with Gasteiger partial charge in [0, 0.05) is 6.54 Å². The van der Waals surface area contributed by atoms with E-state index in [0.29, 0.717) is 30.7 Å². The Morgan fingerprint density at radius 2 is 2.18 bits per heavy atom. The number of carboxylic acids is 1. The standard InChI is InChI=1S/C8H8F3N3O2S/c9-8(10,11)6-12-13-7(17-6)14-3-1-2-4(14)5(15)16/h4H,1-3H2,(H,15,16)/t4-/m0/s1. The second-order valence-corrected chi connectivity index (χ2v) is 4.53. The molecular weight excluding hydrogens is 259 g/mol. The van der Waals surface area contributed by atoms with Crippen molar-refractivity contribution in [3.8, 4) is 0 Å². The molecule has 1 saturated heterocycles. The predicted octanol–water partition coefficient (Wildman–Crippen LogP) is 1.61.